The summed E-state index contributed by atoms with van der Waals surface area (Å²) in [6.45, 7) is 1.80. The predicted octanol–water partition coefficient (Wildman–Crippen LogP) is 1.09. The summed E-state index contributed by atoms with van der Waals surface area (Å²) in [7, 11) is 2.76. The van der Waals surface area contributed by atoms with E-state index < -0.39 is 12.1 Å². The van der Waals surface area contributed by atoms with Crippen LogP contribution in [-0.2, 0) is 14.3 Å². The molecule has 0 fully saturated rings. The second kappa shape index (κ2) is 8.33. The normalized spacial score (nSPS) is 15.6. The number of esters is 1. The highest BCUT2D eigenvalue weighted by molar-refractivity contribution is 5.86. The minimum absolute atomic E-state index is 0.0793. The van der Waals surface area contributed by atoms with Gasteiger partial charge in [0.25, 0.3) is 0 Å². The molecule has 7 heteroatoms. The van der Waals surface area contributed by atoms with Gasteiger partial charge in [0.15, 0.2) is 11.6 Å². The zero-order chi connectivity index (χ0) is 15.8. The summed E-state index contributed by atoms with van der Waals surface area (Å²) in [5, 5.41) is 9.76. The van der Waals surface area contributed by atoms with E-state index in [1.54, 1.807) is 6.92 Å². The lowest BCUT2D eigenvalue weighted by molar-refractivity contribution is -0.104. The Morgan fingerprint density at radius 1 is 1.52 bits per heavy atom. The maximum Gasteiger partial charge on any atom is 0.360 e. The van der Waals surface area contributed by atoms with Gasteiger partial charge in [-0.15, -0.1) is 0 Å². The molecule has 7 nitrogen and oxygen atoms in total. The van der Waals surface area contributed by atoms with Gasteiger partial charge in [0.05, 0.1) is 25.2 Å². The van der Waals surface area contributed by atoms with Crippen LogP contribution in [0.5, 0.6) is 0 Å². The van der Waals surface area contributed by atoms with Crippen molar-refractivity contribution in [1.82, 2.24) is 4.98 Å². The van der Waals surface area contributed by atoms with E-state index in [0.29, 0.717) is 12.2 Å². The molecule has 0 amide bonds. The number of aliphatic hydroxyl groups is 1. The van der Waals surface area contributed by atoms with Crippen molar-refractivity contribution in [1.29, 1.82) is 0 Å². The molecule has 0 unspecified atom stereocenters. The molecule has 0 aliphatic heterocycles. The Bertz CT molecular complexity index is 495. The molecule has 0 saturated heterocycles. The average Bonchev–Trinajstić information content (AvgIpc) is 2.98. The molecule has 1 aromatic heterocycles. The molecule has 1 heterocycles. The van der Waals surface area contributed by atoms with E-state index >= 15 is 0 Å². The molecule has 3 atom stereocenters. The molecular weight excluding hydrogens is 278 g/mol. The number of hydrogen-bond donors (Lipinski definition) is 1. The molecule has 0 bridgehead atoms. The van der Waals surface area contributed by atoms with Crippen molar-refractivity contribution in [3.63, 3.8) is 0 Å². The summed E-state index contributed by atoms with van der Waals surface area (Å²) < 4.78 is 15.1. The fraction of sp³-hybridized carbons (Fsp3) is 0.500. The smallest absolute Gasteiger partial charge is 0.360 e. The topological polar surface area (TPSA) is 98.9 Å². The summed E-state index contributed by atoms with van der Waals surface area (Å²) in [4.78, 5) is 25.6. The number of nitrogens with zero attached hydrogens (tertiary/aromatic N) is 1. The largest absolute Gasteiger partial charge is 0.464 e. The van der Waals surface area contributed by atoms with Gasteiger partial charge in [-0.1, -0.05) is 13.0 Å². The molecule has 0 spiro atoms. The Morgan fingerprint density at radius 2 is 2.24 bits per heavy atom. The van der Waals surface area contributed by atoms with E-state index in [-0.39, 0.29) is 24.1 Å². The highest BCUT2D eigenvalue weighted by Crippen LogP contribution is 2.24. The van der Waals surface area contributed by atoms with Crippen molar-refractivity contribution >= 4 is 12.3 Å². The monoisotopic (exact) mass is 297 g/mol. The maximum absolute atomic E-state index is 11.3. The first-order valence-electron chi connectivity index (χ1n) is 6.40. The van der Waals surface area contributed by atoms with Crippen molar-refractivity contribution in [2.45, 2.75) is 31.5 Å². The molecule has 0 aliphatic rings. The Labute approximate surface area is 122 Å². The minimum Gasteiger partial charge on any atom is -0.464 e. The van der Waals surface area contributed by atoms with Crippen molar-refractivity contribution in [3.05, 3.63) is 30.0 Å². The number of aromatic nitrogens is 1. The third-order valence-electron chi connectivity index (χ3n) is 3.05. The maximum atomic E-state index is 11.3. The highest BCUT2D eigenvalue weighted by atomic mass is 16.5. The molecule has 1 rings (SSSR count). The van der Waals surface area contributed by atoms with Gasteiger partial charge in [-0.2, -0.15) is 0 Å². The van der Waals surface area contributed by atoms with Crippen LogP contribution in [0.2, 0.25) is 0 Å². The fourth-order valence-electron chi connectivity index (χ4n) is 1.85. The summed E-state index contributed by atoms with van der Waals surface area (Å²) >= 11 is 0. The lowest BCUT2D eigenvalue weighted by Crippen LogP contribution is -2.24. The van der Waals surface area contributed by atoms with Gasteiger partial charge in [-0.3, -0.25) is 4.79 Å². The first kappa shape index (κ1) is 17.1. The number of aliphatic hydroxyl groups excluding tert-OH is 1. The van der Waals surface area contributed by atoms with Crippen molar-refractivity contribution in [2.24, 2.45) is 0 Å². The molecule has 0 radical (unpaired) electrons. The summed E-state index contributed by atoms with van der Waals surface area (Å²) in [5.41, 5.74) is 0.0793. The fourth-order valence-corrected chi connectivity index (χ4v) is 1.85. The van der Waals surface area contributed by atoms with Crippen LogP contribution in [0.15, 0.2) is 22.8 Å². The van der Waals surface area contributed by atoms with Crippen LogP contribution < -0.4 is 0 Å². The molecule has 0 aliphatic carbocycles. The second-order valence-corrected chi connectivity index (χ2v) is 4.45. The van der Waals surface area contributed by atoms with E-state index in [1.807, 2.05) is 0 Å². The molecule has 21 heavy (non-hydrogen) atoms. The molecule has 0 saturated carbocycles. The van der Waals surface area contributed by atoms with E-state index in [2.05, 4.69) is 9.72 Å². The van der Waals surface area contributed by atoms with Gasteiger partial charge in [0.1, 0.15) is 12.5 Å². The Hall–Kier alpha value is -1.99. The predicted molar refractivity (Wildman–Crippen MR) is 72.9 cm³/mol. The average molecular weight is 297 g/mol. The summed E-state index contributed by atoms with van der Waals surface area (Å²) in [6.07, 6.45) is 3.46. The number of allylic oxidation sites excluding steroid dienone is 1. The van der Waals surface area contributed by atoms with Gasteiger partial charge in [-0.25, -0.2) is 9.78 Å². The number of methoxy groups -OCH3 is 2. The van der Waals surface area contributed by atoms with E-state index in [0.717, 1.165) is 0 Å². The standard InChI is InChI=1S/C14H19NO6/c1-9(12(19-2)7-10(17)5-4-6-16)13-15-11(8-21-13)14(18)20-3/h4-6,8-10,12,17H,7H2,1-3H3/b5-4+/t9-,10+,12-/m1/s1. The SMILES string of the molecule is COC(=O)c1coc([C@H](C)[C@@H](C[C@@H](O)/C=C/C=O)OC)n1. The van der Waals surface area contributed by atoms with Gasteiger partial charge in [0, 0.05) is 13.5 Å². The van der Waals surface area contributed by atoms with Crippen molar-refractivity contribution < 1.29 is 28.6 Å². The number of oxazole rings is 1. The van der Waals surface area contributed by atoms with Crippen LogP contribution in [-0.4, -0.2) is 48.8 Å². The second-order valence-electron chi connectivity index (χ2n) is 4.45. The van der Waals surface area contributed by atoms with Crippen LogP contribution in [0.1, 0.15) is 35.6 Å². The lowest BCUT2D eigenvalue weighted by atomic mass is 9.98. The molecule has 1 N–H and O–H groups in total. The third-order valence-corrected chi connectivity index (χ3v) is 3.05. The van der Waals surface area contributed by atoms with Crippen LogP contribution >= 0.6 is 0 Å². The van der Waals surface area contributed by atoms with Crippen molar-refractivity contribution in [3.8, 4) is 0 Å². The number of carbonyl (C=O) groups excluding carboxylic acids is 2. The Kier molecular flexibility index (Phi) is 6.77. The molecule has 0 aromatic carbocycles. The number of rotatable bonds is 8. The summed E-state index contributed by atoms with van der Waals surface area (Å²) in [6, 6.07) is 0. The third kappa shape index (κ3) is 4.80. The van der Waals surface area contributed by atoms with Gasteiger partial charge in [-0.05, 0) is 6.08 Å². The first-order valence-corrected chi connectivity index (χ1v) is 6.40. The van der Waals surface area contributed by atoms with Crippen LogP contribution in [0, 0.1) is 0 Å². The lowest BCUT2D eigenvalue weighted by Gasteiger charge is -2.21. The van der Waals surface area contributed by atoms with Crippen LogP contribution in [0.3, 0.4) is 0 Å². The minimum atomic E-state index is -0.822. The molecule has 1 aromatic rings. The Morgan fingerprint density at radius 3 is 2.81 bits per heavy atom. The molecule has 116 valence electrons. The zero-order valence-corrected chi connectivity index (χ0v) is 12.2. The van der Waals surface area contributed by atoms with Gasteiger partial charge >= 0.3 is 5.97 Å². The molecular formula is C14H19NO6. The van der Waals surface area contributed by atoms with E-state index in [1.165, 1.54) is 32.6 Å². The Balaban J connectivity index is 2.76. The highest BCUT2D eigenvalue weighted by Gasteiger charge is 2.26. The van der Waals surface area contributed by atoms with Gasteiger partial charge in [0.2, 0.25) is 0 Å². The number of carbonyl (C=O) groups is 2. The van der Waals surface area contributed by atoms with Gasteiger partial charge < -0.3 is 19.0 Å². The first-order chi connectivity index (χ1) is 10.0. The van der Waals surface area contributed by atoms with E-state index in [9.17, 15) is 14.7 Å². The zero-order valence-electron chi connectivity index (χ0n) is 12.2. The quantitative estimate of drug-likeness (QED) is 0.435. The summed E-state index contributed by atoms with van der Waals surface area (Å²) in [5.74, 6) is -0.554. The van der Waals surface area contributed by atoms with Crippen LogP contribution in [0.4, 0.5) is 0 Å². The van der Waals surface area contributed by atoms with Crippen LogP contribution in [0.25, 0.3) is 0 Å². The number of hydrogen-bond acceptors (Lipinski definition) is 7. The van der Waals surface area contributed by atoms with E-state index in [4.69, 9.17) is 9.15 Å². The van der Waals surface area contributed by atoms with Crippen molar-refractivity contribution in [2.75, 3.05) is 14.2 Å². The number of ether oxygens (including phenoxy) is 2. The number of aldehydes is 1.